The van der Waals surface area contributed by atoms with Crippen LogP contribution in [-0.4, -0.2) is 27.4 Å². The molecular formula is C9H12BrN3O3. The summed E-state index contributed by atoms with van der Waals surface area (Å²) in [6, 6.07) is 0. The van der Waals surface area contributed by atoms with Crippen molar-refractivity contribution in [1.82, 2.24) is 9.55 Å². The van der Waals surface area contributed by atoms with Crippen molar-refractivity contribution in [3.63, 3.8) is 0 Å². The zero-order valence-corrected chi connectivity index (χ0v) is 10.1. The fourth-order valence-corrected chi connectivity index (χ4v) is 2.00. The highest BCUT2D eigenvalue weighted by molar-refractivity contribution is 9.10. The Bertz CT molecular complexity index is 448. The number of ether oxygens (including phenoxy) is 1. The predicted molar refractivity (Wildman–Crippen MR) is 60.8 cm³/mol. The maximum atomic E-state index is 11.6. The zero-order chi connectivity index (χ0) is 11.7. The van der Waals surface area contributed by atoms with Crippen LogP contribution in [-0.2, 0) is 4.74 Å². The molecule has 3 N–H and O–H groups in total. The number of nitrogen functional groups attached to an aromatic ring is 1. The number of rotatable bonds is 2. The minimum atomic E-state index is -0.440. The van der Waals surface area contributed by atoms with E-state index in [0.717, 1.165) is 6.42 Å². The van der Waals surface area contributed by atoms with Crippen molar-refractivity contribution in [3.8, 4) is 0 Å². The Morgan fingerprint density at radius 1 is 1.69 bits per heavy atom. The number of hydrogen-bond donors (Lipinski definition) is 2. The van der Waals surface area contributed by atoms with Gasteiger partial charge in [0.2, 0.25) is 0 Å². The Labute approximate surface area is 100 Å². The molecule has 0 spiro atoms. The average Bonchev–Trinajstić information content (AvgIpc) is 2.71. The van der Waals surface area contributed by atoms with Crippen LogP contribution >= 0.6 is 15.9 Å². The van der Waals surface area contributed by atoms with Crippen LogP contribution in [0.1, 0.15) is 19.1 Å². The van der Waals surface area contributed by atoms with Gasteiger partial charge in [-0.2, -0.15) is 4.98 Å². The fourth-order valence-electron chi connectivity index (χ4n) is 1.69. The van der Waals surface area contributed by atoms with Crippen LogP contribution < -0.4 is 11.4 Å². The van der Waals surface area contributed by atoms with Crippen LogP contribution in [0.2, 0.25) is 0 Å². The van der Waals surface area contributed by atoms with Gasteiger partial charge in [-0.1, -0.05) is 0 Å². The summed E-state index contributed by atoms with van der Waals surface area (Å²) in [5, 5.41) is 8.94. The van der Waals surface area contributed by atoms with Gasteiger partial charge < -0.3 is 15.6 Å². The summed E-state index contributed by atoms with van der Waals surface area (Å²) in [4.78, 5) is 15.2. The van der Waals surface area contributed by atoms with E-state index in [9.17, 15) is 4.79 Å². The number of aliphatic hydroxyl groups is 1. The summed E-state index contributed by atoms with van der Waals surface area (Å²) in [7, 11) is 0. The van der Waals surface area contributed by atoms with Gasteiger partial charge in [0, 0.05) is 6.20 Å². The second-order valence-electron chi connectivity index (χ2n) is 3.64. The smallest absolute Gasteiger partial charge is 0.351 e. The van der Waals surface area contributed by atoms with Crippen LogP contribution in [0.4, 0.5) is 5.82 Å². The Hall–Kier alpha value is -0.920. The molecule has 0 amide bonds. The molecule has 6 nitrogen and oxygen atoms in total. The largest absolute Gasteiger partial charge is 0.394 e. The molecule has 16 heavy (non-hydrogen) atoms. The molecule has 0 aromatic carbocycles. The molecule has 1 aliphatic heterocycles. The molecule has 1 saturated heterocycles. The number of nitrogens with zero attached hydrogens (tertiary/aromatic N) is 2. The lowest BCUT2D eigenvalue weighted by Gasteiger charge is -2.15. The van der Waals surface area contributed by atoms with Gasteiger partial charge in [-0.15, -0.1) is 0 Å². The Kier molecular flexibility index (Phi) is 3.27. The first-order chi connectivity index (χ1) is 7.61. The van der Waals surface area contributed by atoms with Crippen LogP contribution in [0.5, 0.6) is 0 Å². The van der Waals surface area contributed by atoms with E-state index in [-0.39, 0.29) is 24.8 Å². The van der Waals surface area contributed by atoms with E-state index in [1.807, 2.05) is 0 Å². The molecule has 88 valence electrons. The Morgan fingerprint density at radius 2 is 2.44 bits per heavy atom. The maximum absolute atomic E-state index is 11.6. The van der Waals surface area contributed by atoms with Gasteiger partial charge in [0.1, 0.15) is 12.0 Å². The highest BCUT2D eigenvalue weighted by atomic mass is 79.9. The molecule has 0 saturated carbocycles. The van der Waals surface area contributed by atoms with Gasteiger partial charge in [-0.3, -0.25) is 4.57 Å². The van der Waals surface area contributed by atoms with Gasteiger partial charge in [-0.25, -0.2) is 4.79 Å². The quantitative estimate of drug-likeness (QED) is 0.815. The number of nitrogens with two attached hydrogens (primary N) is 1. The third-order valence-electron chi connectivity index (χ3n) is 2.53. The number of hydrogen-bond acceptors (Lipinski definition) is 5. The van der Waals surface area contributed by atoms with E-state index in [0.29, 0.717) is 10.9 Å². The van der Waals surface area contributed by atoms with Crippen molar-refractivity contribution < 1.29 is 9.84 Å². The molecule has 0 radical (unpaired) electrons. The number of aromatic nitrogens is 2. The summed E-state index contributed by atoms with van der Waals surface area (Å²) >= 11 is 3.21. The zero-order valence-electron chi connectivity index (χ0n) is 8.47. The lowest BCUT2D eigenvalue weighted by atomic mass is 10.2. The second kappa shape index (κ2) is 4.52. The predicted octanol–water partition coefficient (Wildman–Crippen LogP) is 0.258. The maximum Gasteiger partial charge on any atom is 0.351 e. The molecule has 2 atom stereocenters. The molecule has 1 aromatic rings. The summed E-state index contributed by atoms with van der Waals surface area (Å²) < 4.78 is 7.43. The SMILES string of the molecule is Nc1nc(=O)n([C@H]2CC[C@H](CO)O2)cc1Br. The summed E-state index contributed by atoms with van der Waals surface area (Å²) in [5.74, 6) is 0.165. The fraction of sp³-hybridized carbons (Fsp3) is 0.556. The molecule has 0 unspecified atom stereocenters. The van der Waals surface area contributed by atoms with Crippen molar-refractivity contribution in [3.05, 3.63) is 21.2 Å². The number of aliphatic hydroxyl groups excluding tert-OH is 1. The van der Waals surface area contributed by atoms with E-state index in [4.69, 9.17) is 15.6 Å². The molecule has 1 aromatic heterocycles. The van der Waals surface area contributed by atoms with Gasteiger partial charge in [0.25, 0.3) is 0 Å². The number of halogens is 1. The summed E-state index contributed by atoms with van der Waals surface area (Å²) in [6.07, 6.45) is 2.41. The van der Waals surface area contributed by atoms with E-state index in [1.165, 1.54) is 4.57 Å². The third kappa shape index (κ3) is 2.11. The minimum absolute atomic E-state index is 0.0329. The molecule has 0 aliphatic carbocycles. The first-order valence-electron chi connectivity index (χ1n) is 4.92. The first-order valence-corrected chi connectivity index (χ1v) is 5.71. The Balaban J connectivity index is 2.28. The van der Waals surface area contributed by atoms with Crippen molar-refractivity contribution in [2.75, 3.05) is 12.3 Å². The average molecular weight is 290 g/mol. The molecule has 2 heterocycles. The number of anilines is 1. The lowest BCUT2D eigenvalue weighted by Crippen LogP contribution is -2.28. The molecule has 1 aliphatic rings. The molecular weight excluding hydrogens is 278 g/mol. The molecule has 2 rings (SSSR count). The van der Waals surface area contributed by atoms with Crippen LogP contribution in [0, 0.1) is 0 Å². The standard InChI is InChI=1S/C9H12BrN3O3/c10-6-3-13(9(15)12-8(6)11)7-2-1-5(4-14)16-7/h3,5,7,14H,1-2,4H2,(H2,11,12,15)/t5-,7-/m1/s1. The minimum Gasteiger partial charge on any atom is -0.394 e. The molecule has 1 fully saturated rings. The highest BCUT2D eigenvalue weighted by Crippen LogP contribution is 2.27. The monoisotopic (exact) mass is 289 g/mol. The van der Waals surface area contributed by atoms with E-state index < -0.39 is 5.69 Å². The van der Waals surface area contributed by atoms with Crippen molar-refractivity contribution in [1.29, 1.82) is 0 Å². The van der Waals surface area contributed by atoms with Crippen LogP contribution in [0.15, 0.2) is 15.5 Å². The van der Waals surface area contributed by atoms with Crippen molar-refractivity contribution in [2.45, 2.75) is 25.2 Å². The van der Waals surface area contributed by atoms with Gasteiger partial charge in [0.15, 0.2) is 0 Å². The summed E-state index contributed by atoms with van der Waals surface area (Å²) in [6.45, 7) is -0.0329. The van der Waals surface area contributed by atoms with E-state index >= 15 is 0 Å². The normalized spacial score (nSPS) is 24.9. The van der Waals surface area contributed by atoms with Gasteiger partial charge >= 0.3 is 5.69 Å². The topological polar surface area (TPSA) is 90.4 Å². The van der Waals surface area contributed by atoms with Crippen molar-refractivity contribution >= 4 is 21.7 Å². The van der Waals surface area contributed by atoms with Crippen LogP contribution in [0.25, 0.3) is 0 Å². The second-order valence-corrected chi connectivity index (χ2v) is 4.49. The summed E-state index contributed by atoms with van der Waals surface area (Å²) in [5.41, 5.74) is 5.05. The molecule has 7 heteroatoms. The van der Waals surface area contributed by atoms with Crippen molar-refractivity contribution in [2.24, 2.45) is 0 Å². The highest BCUT2D eigenvalue weighted by Gasteiger charge is 2.27. The van der Waals surface area contributed by atoms with E-state index in [2.05, 4.69) is 20.9 Å². The lowest BCUT2D eigenvalue weighted by molar-refractivity contribution is -0.0246. The van der Waals surface area contributed by atoms with Gasteiger partial charge in [-0.05, 0) is 28.8 Å². The third-order valence-corrected chi connectivity index (χ3v) is 3.14. The van der Waals surface area contributed by atoms with E-state index in [1.54, 1.807) is 6.20 Å². The first kappa shape index (κ1) is 11.6. The molecule has 0 bridgehead atoms. The van der Waals surface area contributed by atoms with Crippen LogP contribution in [0.3, 0.4) is 0 Å². The Morgan fingerprint density at radius 3 is 3.06 bits per heavy atom. The van der Waals surface area contributed by atoms with Gasteiger partial charge in [0.05, 0.1) is 17.2 Å².